The molecular formula is C25H34F2N4O3S. The van der Waals surface area contributed by atoms with E-state index < -0.39 is 21.7 Å². The molecule has 2 aliphatic heterocycles. The Labute approximate surface area is 206 Å². The van der Waals surface area contributed by atoms with E-state index in [2.05, 4.69) is 21.8 Å². The first-order valence-electron chi connectivity index (χ1n) is 12.5. The molecule has 0 bridgehead atoms. The van der Waals surface area contributed by atoms with E-state index in [1.54, 1.807) is 0 Å². The summed E-state index contributed by atoms with van der Waals surface area (Å²) in [5.41, 5.74) is 1.64. The van der Waals surface area contributed by atoms with Gasteiger partial charge in [-0.05, 0) is 54.9 Å². The number of halogens is 2. The predicted octanol–water partition coefficient (Wildman–Crippen LogP) is 4.28. The molecule has 0 saturated carbocycles. The van der Waals surface area contributed by atoms with Crippen molar-refractivity contribution >= 4 is 16.0 Å². The molecule has 2 aliphatic rings. The fourth-order valence-electron chi connectivity index (χ4n) is 4.82. The van der Waals surface area contributed by atoms with Gasteiger partial charge in [0.15, 0.2) is 17.4 Å². The number of anilines is 1. The largest absolute Gasteiger partial charge is 0.484 e. The fourth-order valence-corrected chi connectivity index (χ4v) is 6.36. The van der Waals surface area contributed by atoms with Crippen molar-refractivity contribution in [3.63, 3.8) is 0 Å². The maximum Gasteiger partial charge on any atom is 0.225 e. The monoisotopic (exact) mass is 508 g/mol. The topological polar surface area (TPSA) is 75.6 Å². The van der Waals surface area contributed by atoms with E-state index in [-0.39, 0.29) is 23.5 Å². The van der Waals surface area contributed by atoms with Gasteiger partial charge in [0.2, 0.25) is 16.0 Å². The Balaban J connectivity index is 1.34. The summed E-state index contributed by atoms with van der Waals surface area (Å²) in [6.07, 6.45) is 7.13. The fraction of sp³-hybridized carbons (Fsp3) is 0.600. The van der Waals surface area contributed by atoms with E-state index in [1.807, 2.05) is 19.3 Å². The minimum absolute atomic E-state index is 0.0801. The van der Waals surface area contributed by atoms with Gasteiger partial charge in [0, 0.05) is 51.4 Å². The molecule has 0 spiro atoms. The number of benzene rings is 1. The van der Waals surface area contributed by atoms with Crippen molar-refractivity contribution < 1.29 is 21.9 Å². The number of aromatic nitrogens is 2. The van der Waals surface area contributed by atoms with Crippen LogP contribution in [0.1, 0.15) is 63.0 Å². The van der Waals surface area contributed by atoms with Crippen LogP contribution >= 0.6 is 0 Å². The van der Waals surface area contributed by atoms with Gasteiger partial charge in [-0.2, -0.15) is 0 Å². The highest BCUT2D eigenvalue weighted by molar-refractivity contribution is 7.89. The van der Waals surface area contributed by atoms with Gasteiger partial charge in [-0.15, -0.1) is 0 Å². The van der Waals surface area contributed by atoms with Crippen LogP contribution in [0.2, 0.25) is 0 Å². The van der Waals surface area contributed by atoms with E-state index in [9.17, 15) is 17.2 Å². The summed E-state index contributed by atoms with van der Waals surface area (Å²) in [6, 6.07) is 2.69. The predicted molar refractivity (Wildman–Crippen MR) is 131 cm³/mol. The zero-order valence-corrected chi connectivity index (χ0v) is 21.2. The molecule has 0 unspecified atom stereocenters. The summed E-state index contributed by atoms with van der Waals surface area (Å²) in [5, 5.41) is 0. The smallest absolute Gasteiger partial charge is 0.225 e. The number of aryl methyl sites for hydroxylation is 1. The highest BCUT2D eigenvalue weighted by Gasteiger charge is 2.30. The van der Waals surface area contributed by atoms with Gasteiger partial charge in [-0.3, -0.25) is 0 Å². The van der Waals surface area contributed by atoms with E-state index in [0.29, 0.717) is 69.8 Å². The number of sulfonamides is 1. The lowest BCUT2D eigenvalue weighted by atomic mass is 9.90. The molecule has 0 amide bonds. The molecule has 10 heteroatoms. The highest BCUT2D eigenvalue weighted by Crippen LogP contribution is 2.34. The van der Waals surface area contributed by atoms with Gasteiger partial charge in [-0.25, -0.2) is 31.5 Å². The average Bonchev–Trinajstić information content (AvgIpc) is 2.86. The lowest BCUT2D eigenvalue weighted by Crippen LogP contribution is -2.39. The Morgan fingerprint density at radius 2 is 1.57 bits per heavy atom. The Hall–Kier alpha value is -2.33. The molecule has 35 heavy (non-hydrogen) atoms. The molecule has 0 radical (unpaired) electrons. The minimum Gasteiger partial charge on any atom is -0.484 e. The molecule has 1 aromatic carbocycles. The molecule has 7 nitrogen and oxygen atoms in total. The Kier molecular flexibility index (Phi) is 8.21. The van der Waals surface area contributed by atoms with Gasteiger partial charge in [0.25, 0.3) is 0 Å². The molecule has 1 aromatic heterocycles. The Morgan fingerprint density at radius 1 is 0.971 bits per heavy atom. The average molecular weight is 509 g/mol. The third kappa shape index (κ3) is 6.09. The van der Waals surface area contributed by atoms with E-state index in [0.717, 1.165) is 12.0 Å². The number of hydrogen-bond donors (Lipinski definition) is 0. The van der Waals surface area contributed by atoms with Crippen LogP contribution in [0.4, 0.5) is 14.7 Å². The zero-order chi connectivity index (χ0) is 25.0. The first-order chi connectivity index (χ1) is 16.8. The molecule has 192 valence electrons. The summed E-state index contributed by atoms with van der Waals surface area (Å²) >= 11 is 0. The van der Waals surface area contributed by atoms with Gasteiger partial charge < -0.3 is 9.64 Å². The van der Waals surface area contributed by atoms with E-state index in [1.165, 1.54) is 16.4 Å². The second-order valence-electron chi connectivity index (χ2n) is 9.35. The first kappa shape index (κ1) is 25.8. The molecule has 2 fully saturated rings. The summed E-state index contributed by atoms with van der Waals surface area (Å²) in [7, 11) is -3.25. The first-order valence-corrected chi connectivity index (χ1v) is 14.1. The molecule has 2 saturated heterocycles. The maximum atomic E-state index is 14.9. The lowest BCUT2D eigenvalue weighted by molar-refractivity contribution is 0.156. The number of nitrogens with zero attached hydrogens (tertiary/aromatic N) is 4. The van der Waals surface area contributed by atoms with Crippen molar-refractivity contribution in [3.05, 3.63) is 47.3 Å². The summed E-state index contributed by atoms with van der Waals surface area (Å²) in [4.78, 5) is 10.9. The number of hydrogen-bond acceptors (Lipinski definition) is 6. The summed E-state index contributed by atoms with van der Waals surface area (Å²) in [5.74, 6) is -1.04. The van der Waals surface area contributed by atoms with Gasteiger partial charge in [-0.1, -0.05) is 13.8 Å². The van der Waals surface area contributed by atoms with Crippen LogP contribution in [-0.4, -0.2) is 60.7 Å². The molecule has 2 aromatic rings. The Morgan fingerprint density at radius 3 is 2.11 bits per heavy atom. The highest BCUT2D eigenvalue weighted by atomic mass is 32.2. The van der Waals surface area contributed by atoms with Crippen LogP contribution in [0.15, 0.2) is 24.5 Å². The second-order valence-corrected chi connectivity index (χ2v) is 11.4. The van der Waals surface area contributed by atoms with E-state index in [4.69, 9.17) is 4.74 Å². The number of piperidine rings is 2. The SMILES string of the molecule is CCCS(=O)(=O)N1CCC(c2cc(F)c(OC3CCN(c4ncc(CC)cn4)CC3)c(F)c2)CC1. The van der Waals surface area contributed by atoms with Crippen LogP contribution in [0.3, 0.4) is 0 Å². The second kappa shape index (κ2) is 11.2. The molecule has 4 rings (SSSR count). The van der Waals surface area contributed by atoms with Crippen LogP contribution in [0, 0.1) is 11.6 Å². The Bertz CT molecular complexity index is 1080. The van der Waals surface area contributed by atoms with Crippen LogP contribution in [0.25, 0.3) is 0 Å². The van der Waals surface area contributed by atoms with Crippen LogP contribution < -0.4 is 9.64 Å². The third-order valence-corrected chi connectivity index (χ3v) is 8.99. The van der Waals surface area contributed by atoms with Gasteiger partial charge in [0.1, 0.15) is 6.10 Å². The zero-order valence-electron chi connectivity index (χ0n) is 20.4. The maximum absolute atomic E-state index is 14.9. The van der Waals surface area contributed by atoms with Crippen molar-refractivity contribution in [2.45, 2.75) is 64.4 Å². The van der Waals surface area contributed by atoms with Crippen molar-refractivity contribution in [3.8, 4) is 5.75 Å². The number of ether oxygens (including phenoxy) is 1. The lowest BCUT2D eigenvalue weighted by Gasteiger charge is -2.33. The quantitative estimate of drug-likeness (QED) is 0.530. The minimum atomic E-state index is -3.25. The van der Waals surface area contributed by atoms with Crippen molar-refractivity contribution in [2.75, 3.05) is 36.8 Å². The van der Waals surface area contributed by atoms with Gasteiger partial charge in [0.05, 0.1) is 5.75 Å². The number of rotatable bonds is 8. The van der Waals surface area contributed by atoms with Gasteiger partial charge >= 0.3 is 0 Å². The molecule has 0 atom stereocenters. The molecular weight excluding hydrogens is 474 g/mol. The molecule has 0 N–H and O–H groups in total. The standard InChI is InChI=1S/C25H34F2N4O3S/c1-3-13-35(32,33)31-11-5-19(6-12-31)20-14-22(26)24(23(27)15-20)34-21-7-9-30(10-8-21)25-28-16-18(4-2)17-29-25/h14-17,19,21H,3-13H2,1-2H3. The van der Waals surface area contributed by atoms with Crippen molar-refractivity contribution in [2.24, 2.45) is 0 Å². The van der Waals surface area contributed by atoms with Crippen LogP contribution in [0.5, 0.6) is 5.75 Å². The molecule has 3 heterocycles. The molecule has 0 aliphatic carbocycles. The normalized spacial score (nSPS) is 18.7. The van der Waals surface area contributed by atoms with E-state index >= 15 is 0 Å². The van der Waals surface area contributed by atoms with Crippen molar-refractivity contribution in [1.82, 2.24) is 14.3 Å². The summed E-state index contributed by atoms with van der Waals surface area (Å²) < 4.78 is 61.6. The third-order valence-electron chi connectivity index (χ3n) is 6.91. The van der Waals surface area contributed by atoms with Crippen LogP contribution in [-0.2, 0) is 16.4 Å². The summed E-state index contributed by atoms with van der Waals surface area (Å²) in [6.45, 7) is 5.93. The van der Waals surface area contributed by atoms with Crippen molar-refractivity contribution in [1.29, 1.82) is 0 Å².